The standard InChI is InChI=1S/C14H22ClNO/c1-11(10-15)12(2)16-9-8-13-4-6-14(17-3)7-5-13/h4-7,11-12,16H,8-10H2,1-3H3. The Bertz CT molecular complexity index is 313. The first-order valence-electron chi connectivity index (χ1n) is 6.09. The number of benzene rings is 1. The Morgan fingerprint density at radius 3 is 2.41 bits per heavy atom. The highest BCUT2D eigenvalue weighted by atomic mass is 35.5. The highest BCUT2D eigenvalue weighted by Gasteiger charge is 2.09. The number of halogens is 1. The van der Waals surface area contributed by atoms with Crippen LogP contribution >= 0.6 is 11.6 Å². The maximum atomic E-state index is 5.82. The van der Waals surface area contributed by atoms with Crippen LogP contribution in [0.2, 0.25) is 0 Å². The average molecular weight is 256 g/mol. The molecular weight excluding hydrogens is 234 g/mol. The van der Waals surface area contributed by atoms with Crippen LogP contribution in [-0.4, -0.2) is 25.6 Å². The fourth-order valence-electron chi connectivity index (χ4n) is 1.57. The molecule has 2 unspecified atom stereocenters. The van der Waals surface area contributed by atoms with E-state index >= 15 is 0 Å². The molecule has 0 spiro atoms. The second-order valence-corrected chi connectivity index (χ2v) is 4.78. The predicted octanol–water partition coefficient (Wildman–Crippen LogP) is 3.09. The van der Waals surface area contributed by atoms with Gasteiger partial charge in [-0.25, -0.2) is 0 Å². The van der Waals surface area contributed by atoms with E-state index in [0.717, 1.165) is 18.7 Å². The Kier molecular flexibility index (Phi) is 6.38. The van der Waals surface area contributed by atoms with Gasteiger partial charge < -0.3 is 10.1 Å². The lowest BCUT2D eigenvalue weighted by Gasteiger charge is -2.19. The number of hydrogen-bond acceptors (Lipinski definition) is 2. The minimum absolute atomic E-state index is 0.464. The molecule has 0 radical (unpaired) electrons. The van der Waals surface area contributed by atoms with Gasteiger partial charge in [-0.1, -0.05) is 19.1 Å². The topological polar surface area (TPSA) is 21.3 Å². The third-order valence-electron chi connectivity index (χ3n) is 3.14. The molecule has 0 aliphatic rings. The van der Waals surface area contributed by atoms with Crippen molar-refractivity contribution in [1.82, 2.24) is 5.32 Å². The van der Waals surface area contributed by atoms with Crippen LogP contribution in [0, 0.1) is 5.92 Å². The lowest BCUT2D eigenvalue weighted by atomic mass is 10.1. The van der Waals surface area contributed by atoms with Crippen molar-refractivity contribution in [3.05, 3.63) is 29.8 Å². The van der Waals surface area contributed by atoms with Crippen LogP contribution in [-0.2, 0) is 6.42 Å². The van der Waals surface area contributed by atoms with E-state index in [1.54, 1.807) is 7.11 Å². The SMILES string of the molecule is COc1ccc(CCNC(C)C(C)CCl)cc1. The van der Waals surface area contributed by atoms with Crippen LogP contribution in [0.3, 0.4) is 0 Å². The van der Waals surface area contributed by atoms with E-state index in [4.69, 9.17) is 16.3 Å². The van der Waals surface area contributed by atoms with Gasteiger partial charge in [0.1, 0.15) is 5.75 Å². The molecule has 2 nitrogen and oxygen atoms in total. The highest BCUT2D eigenvalue weighted by Crippen LogP contribution is 2.11. The maximum absolute atomic E-state index is 5.82. The average Bonchev–Trinajstić information content (AvgIpc) is 2.38. The number of nitrogens with one attached hydrogen (secondary N) is 1. The van der Waals surface area contributed by atoms with Gasteiger partial charge in [-0.05, 0) is 43.5 Å². The van der Waals surface area contributed by atoms with Gasteiger partial charge in [0.05, 0.1) is 7.11 Å². The Morgan fingerprint density at radius 2 is 1.88 bits per heavy atom. The first-order chi connectivity index (χ1) is 8.17. The molecule has 96 valence electrons. The van der Waals surface area contributed by atoms with E-state index in [1.165, 1.54) is 5.56 Å². The minimum Gasteiger partial charge on any atom is -0.497 e. The van der Waals surface area contributed by atoms with Gasteiger partial charge in [0.25, 0.3) is 0 Å². The Hall–Kier alpha value is -0.730. The molecule has 0 bridgehead atoms. The number of hydrogen-bond donors (Lipinski definition) is 1. The van der Waals surface area contributed by atoms with E-state index < -0.39 is 0 Å². The van der Waals surface area contributed by atoms with E-state index in [9.17, 15) is 0 Å². The van der Waals surface area contributed by atoms with E-state index in [1.807, 2.05) is 12.1 Å². The summed E-state index contributed by atoms with van der Waals surface area (Å²) in [6.07, 6.45) is 1.03. The zero-order valence-electron chi connectivity index (χ0n) is 10.9. The van der Waals surface area contributed by atoms with E-state index in [-0.39, 0.29) is 0 Å². The van der Waals surface area contributed by atoms with Crippen LogP contribution in [0.4, 0.5) is 0 Å². The van der Waals surface area contributed by atoms with Crippen molar-refractivity contribution in [2.24, 2.45) is 5.92 Å². The van der Waals surface area contributed by atoms with Crippen LogP contribution in [0.25, 0.3) is 0 Å². The molecule has 0 aromatic heterocycles. The lowest BCUT2D eigenvalue weighted by Crippen LogP contribution is -2.34. The molecule has 0 saturated heterocycles. The van der Waals surface area contributed by atoms with E-state index in [2.05, 4.69) is 31.3 Å². The fourth-order valence-corrected chi connectivity index (χ4v) is 1.84. The summed E-state index contributed by atoms with van der Waals surface area (Å²) in [7, 11) is 1.69. The van der Waals surface area contributed by atoms with Crippen molar-refractivity contribution in [1.29, 1.82) is 0 Å². The normalized spacial score (nSPS) is 14.4. The van der Waals surface area contributed by atoms with Crippen LogP contribution < -0.4 is 10.1 Å². The molecular formula is C14H22ClNO. The largest absolute Gasteiger partial charge is 0.497 e. The van der Waals surface area contributed by atoms with Crippen LogP contribution in [0.5, 0.6) is 5.75 Å². The summed E-state index contributed by atoms with van der Waals surface area (Å²) >= 11 is 5.82. The molecule has 2 atom stereocenters. The third-order valence-corrected chi connectivity index (χ3v) is 3.62. The van der Waals surface area contributed by atoms with E-state index in [0.29, 0.717) is 17.8 Å². The van der Waals surface area contributed by atoms with Crippen LogP contribution in [0.15, 0.2) is 24.3 Å². The second-order valence-electron chi connectivity index (χ2n) is 4.47. The molecule has 0 aliphatic heterocycles. The number of methoxy groups -OCH3 is 1. The van der Waals surface area contributed by atoms with Crippen molar-refractivity contribution < 1.29 is 4.74 Å². The first-order valence-corrected chi connectivity index (χ1v) is 6.63. The van der Waals surface area contributed by atoms with Gasteiger partial charge in [0.15, 0.2) is 0 Å². The molecule has 17 heavy (non-hydrogen) atoms. The van der Waals surface area contributed by atoms with Crippen molar-refractivity contribution >= 4 is 11.6 Å². The van der Waals surface area contributed by atoms with Crippen molar-refractivity contribution in [2.75, 3.05) is 19.5 Å². The number of rotatable bonds is 7. The second kappa shape index (κ2) is 7.57. The third kappa shape index (κ3) is 4.97. The highest BCUT2D eigenvalue weighted by molar-refractivity contribution is 6.18. The number of alkyl halides is 1. The summed E-state index contributed by atoms with van der Waals surface area (Å²) < 4.78 is 5.13. The summed E-state index contributed by atoms with van der Waals surface area (Å²) in [5.41, 5.74) is 1.32. The Morgan fingerprint density at radius 1 is 1.24 bits per heavy atom. The molecule has 0 amide bonds. The summed E-state index contributed by atoms with van der Waals surface area (Å²) in [5.74, 6) is 2.12. The zero-order valence-corrected chi connectivity index (χ0v) is 11.6. The molecule has 3 heteroatoms. The van der Waals surface area contributed by atoms with Gasteiger partial charge in [0.2, 0.25) is 0 Å². The summed E-state index contributed by atoms with van der Waals surface area (Å²) in [5, 5.41) is 3.49. The van der Waals surface area contributed by atoms with Crippen LogP contribution in [0.1, 0.15) is 19.4 Å². The van der Waals surface area contributed by atoms with Gasteiger partial charge in [-0.2, -0.15) is 0 Å². The zero-order chi connectivity index (χ0) is 12.7. The molecule has 0 aliphatic carbocycles. The number of ether oxygens (including phenoxy) is 1. The molecule has 1 rings (SSSR count). The van der Waals surface area contributed by atoms with Gasteiger partial charge >= 0.3 is 0 Å². The Balaban J connectivity index is 2.30. The van der Waals surface area contributed by atoms with Crippen molar-refractivity contribution in [3.63, 3.8) is 0 Å². The fraction of sp³-hybridized carbons (Fsp3) is 0.571. The van der Waals surface area contributed by atoms with Gasteiger partial charge in [-0.3, -0.25) is 0 Å². The predicted molar refractivity (Wildman–Crippen MR) is 74.0 cm³/mol. The molecule has 1 N–H and O–H groups in total. The first kappa shape index (κ1) is 14.3. The molecule has 0 heterocycles. The van der Waals surface area contributed by atoms with Crippen molar-refractivity contribution in [3.8, 4) is 5.75 Å². The quantitative estimate of drug-likeness (QED) is 0.756. The molecule has 1 aromatic rings. The lowest BCUT2D eigenvalue weighted by molar-refractivity contribution is 0.414. The summed E-state index contributed by atoms with van der Waals surface area (Å²) in [6, 6.07) is 8.68. The minimum atomic E-state index is 0.464. The summed E-state index contributed by atoms with van der Waals surface area (Å²) in [4.78, 5) is 0. The molecule has 0 fully saturated rings. The monoisotopic (exact) mass is 255 g/mol. The molecule has 0 saturated carbocycles. The van der Waals surface area contributed by atoms with Crippen molar-refractivity contribution in [2.45, 2.75) is 26.3 Å². The van der Waals surface area contributed by atoms with Gasteiger partial charge in [0, 0.05) is 11.9 Å². The maximum Gasteiger partial charge on any atom is 0.118 e. The Labute approximate surface area is 109 Å². The summed E-state index contributed by atoms with van der Waals surface area (Å²) in [6.45, 7) is 5.33. The smallest absolute Gasteiger partial charge is 0.118 e. The van der Waals surface area contributed by atoms with Gasteiger partial charge in [-0.15, -0.1) is 11.6 Å². The molecule has 1 aromatic carbocycles.